The van der Waals surface area contributed by atoms with Crippen LogP contribution in [0.5, 0.6) is 5.75 Å². The van der Waals surface area contributed by atoms with Crippen LogP contribution in [0, 0.1) is 6.92 Å². The third kappa shape index (κ3) is 3.06. The van der Waals surface area contributed by atoms with E-state index in [1.807, 2.05) is 45.9 Å². The fourth-order valence-electron chi connectivity index (χ4n) is 2.23. The maximum Gasteiger partial charge on any atom is 0.435 e. The predicted molar refractivity (Wildman–Crippen MR) is 81.3 cm³/mol. The zero-order chi connectivity index (χ0) is 15.9. The molecule has 1 saturated heterocycles. The molecule has 0 unspecified atom stereocenters. The average Bonchev–Trinajstić information content (AvgIpc) is 3.18. The number of carbonyl (C=O) groups excluding carboxylic acids is 1. The summed E-state index contributed by atoms with van der Waals surface area (Å²) >= 11 is 0. The number of nitrogens with zero attached hydrogens (tertiary/aromatic N) is 2. The molecule has 1 aromatic heterocycles. The maximum absolute atomic E-state index is 12.3. The Morgan fingerprint density at radius 2 is 2.18 bits per heavy atom. The highest BCUT2D eigenvalue weighted by atomic mass is 16.6. The van der Waals surface area contributed by atoms with E-state index in [0.29, 0.717) is 17.9 Å². The molecule has 1 fully saturated rings. The molecular weight excluding hydrogens is 284 g/mol. The molecular formula is C16H20N2O4. The van der Waals surface area contributed by atoms with Gasteiger partial charge in [-0.15, -0.1) is 0 Å². The van der Waals surface area contributed by atoms with E-state index in [4.69, 9.17) is 14.2 Å². The zero-order valence-electron chi connectivity index (χ0n) is 13.3. The van der Waals surface area contributed by atoms with Crippen LogP contribution in [0.3, 0.4) is 0 Å². The molecule has 1 aliphatic heterocycles. The Bertz CT molecular complexity index is 711. The van der Waals surface area contributed by atoms with Crippen molar-refractivity contribution in [1.82, 2.24) is 9.78 Å². The van der Waals surface area contributed by atoms with Gasteiger partial charge in [0.25, 0.3) is 0 Å². The molecule has 2 heterocycles. The van der Waals surface area contributed by atoms with Gasteiger partial charge in [0, 0.05) is 0 Å². The van der Waals surface area contributed by atoms with Crippen molar-refractivity contribution in [2.75, 3.05) is 13.2 Å². The van der Waals surface area contributed by atoms with E-state index in [1.165, 1.54) is 4.68 Å². The fraction of sp³-hybridized carbons (Fsp3) is 0.500. The van der Waals surface area contributed by atoms with Crippen LogP contribution in [0.15, 0.2) is 18.2 Å². The molecule has 118 valence electrons. The van der Waals surface area contributed by atoms with Gasteiger partial charge in [-0.05, 0) is 39.8 Å². The average molecular weight is 304 g/mol. The zero-order valence-corrected chi connectivity index (χ0v) is 13.3. The van der Waals surface area contributed by atoms with Gasteiger partial charge in [0.2, 0.25) is 0 Å². The number of fused-ring (bicyclic) bond motifs is 1. The molecule has 1 aromatic carbocycles. The van der Waals surface area contributed by atoms with Crippen molar-refractivity contribution >= 4 is 17.0 Å². The molecule has 6 heteroatoms. The van der Waals surface area contributed by atoms with Crippen LogP contribution >= 0.6 is 0 Å². The maximum atomic E-state index is 12.3. The van der Waals surface area contributed by atoms with Gasteiger partial charge in [-0.1, -0.05) is 6.07 Å². The first-order valence-electron chi connectivity index (χ1n) is 7.31. The van der Waals surface area contributed by atoms with Gasteiger partial charge in [-0.25, -0.2) is 4.79 Å². The van der Waals surface area contributed by atoms with Gasteiger partial charge in [-0.2, -0.15) is 9.78 Å². The standard InChI is InChI=1S/C16H20N2O4/c1-10-14-12(18(17-10)15(19)22-16(2,3)4)6-5-7-13(14)21-9-11-8-20-11/h5-7,11H,8-9H2,1-4H3/t11-/m0/s1. The molecule has 0 N–H and O–H groups in total. The molecule has 2 aromatic rings. The van der Waals surface area contributed by atoms with Crippen LogP contribution < -0.4 is 4.74 Å². The van der Waals surface area contributed by atoms with Crippen LogP contribution in [0.25, 0.3) is 10.9 Å². The van der Waals surface area contributed by atoms with Crippen molar-refractivity contribution in [3.63, 3.8) is 0 Å². The summed E-state index contributed by atoms with van der Waals surface area (Å²) < 4.78 is 17.6. The number of hydrogen-bond donors (Lipinski definition) is 0. The Kier molecular flexibility index (Phi) is 3.56. The highest BCUT2D eigenvalue weighted by Gasteiger charge is 2.25. The quantitative estimate of drug-likeness (QED) is 0.816. The second kappa shape index (κ2) is 5.28. The summed E-state index contributed by atoms with van der Waals surface area (Å²) in [5, 5.41) is 5.14. The molecule has 0 radical (unpaired) electrons. The van der Waals surface area contributed by atoms with Crippen LogP contribution in [-0.4, -0.2) is 40.8 Å². The molecule has 0 bridgehead atoms. The minimum absolute atomic E-state index is 0.177. The number of aromatic nitrogens is 2. The van der Waals surface area contributed by atoms with E-state index in [2.05, 4.69) is 5.10 Å². The van der Waals surface area contributed by atoms with Crippen molar-refractivity contribution in [2.45, 2.75) is 39.4 Å². The molecule has 0 aliphatic carbocycles. The Hall–Kier alpha value is -2.08. The summed E-state index contributed by atoms with van der Waals surface area (Å²) in [5.41, 5.74) is 0.842. The molecule has 3 rings (SSSR count). The topological polar surface area (TPSA) is 65.9 Å². The second-order valence-corrected chi connectivity index (χ2v) is 6.39. The monoisotopic (exact) mass is 304 g/mol. The molecule has 1 atom stereocenters. The van der Waals surface area contributed by atoms with Gasteiger partial charge in [0.15, 0.2) is 0 Å². The highest BCUT2D eigenvalue weighted by Crippen LogP contribution is 2.29. The Balaban J connectivity index is 1.95. The minimum Gasteiger partial charge on any atom is -0.490 e. The first kappa shape index (κ1) is 14.8. The lowest BCUT2D eigenvalue weighted by Crippen LogP contribution is -2.27. The van der Waals surface area contributed by atoms with Crippen LogP contribution in [0.1, 0.15) is 26.5 Å². The molecule has 1 aliphatic rings. The van der Waals surface area contributed by atoms with E-state index in [9.17, 15) is 4.79 Å². The molecule has 0 amide bonds. The van der Waals surface area contributed by atoms with Gasteiger partial charge < -0.3 is 14.2 Å². The lowest BCUT2D eigenvalue weighted by molar-refractivity contribution is 0.0522. The molecule has 0 spiro atoms. The second-order valence-electron chi connectivity index (χ2n) is 6.39. The SMILES string of the molecule is Cc1nn(C(=O)OC(C)(C)C)c2cccc(OC[C@@H]3CO3)c12. The van der Waals surface area contributed by atoms with Crippen molar-refractivity contribution in [1.29, 1.82) is 0 Å². The van der Waals surface area contributed by atoms with E-state index in [1.54, 1.807) is 0 Å². The van der Waals surface area contributed by atoms with Crippen molar-refractivity contribution in [3.8, 4) is 5.75 Å². The van der Waals surface area contributed by atoms with Crippen molar-refractivity contribution < 1.29 is 19.0 Å². The van der Waals surface area contributed by atoms with Gasteiger partial charge in [0.05, 0.1) is 23.2 Å². The Morgan fingerprint density at radius 3 is 2.82 bits per heavy atom. The smallest absolute Gasteiger partial charge is 0.435 e. The molecule has 22 heavy (non-hydrogen) atoms. The number of aryl methyl sites for hydroxylation is 1. The number of epoxide rings is 1. The normalized spacial score (nSPS) is 17.5. The van der Waals surface area contributed by atoms with E-state index in [0.717, 1.165) is 17.7 Å². The number of ether oxygens (including phenoxy) is 3. The van der Waals surface area contributed by atoms with E-state index in [-0.39, 0.29) is 6.10 Å². The van der Waals surface area contributed by atoms with Crippen molar-refractivity contribution in [3.05, 3.63) is 23.9 Å². The van der Waals surface area contributed by atoms with E-state index < -0.39 is 11.7 Å². The third-order valence-corrected chi connectivity index (χ3v) is 3.24. The first-order valence-corrected chi connectivity index (χ1v) is 7.31. The summed E-state index contributed by atoms with van der Waals surface area (Å²) in [4.78, 5) is 12.3. The minimum atomic E-state index is -0.569. The summed E-state index contributed by atoms with van der Waals surface area (Å²) in [6.45, 7) is 8.58. The first-order chi connectivity index (χ1) is 10.3. The van der Waals surface area contributed by atoms with Crippen molar-refractivity contribution in [2.24, 2.45) is 0 Å². The number of carbonyl (C=O) groups is 1. The van der Waals surface area contributed by atoms with Gasteiger partial charge in [0.1, 0.15) is 24.1 Å². The number of hydrogen-bond acceptors (Lipinski definition) is 5. The predicted octanol–water partition coefficient (Wildman–Crippen LogP) is 2.91. The highest BCUT2D eigenvalue weighted by molar-refractivity contribution is 5.93. The molecule has 6 nitrogen and oxygen atoms in total. The molecule has 0 saturated carbocycles. The van der Waals surface area contributed by atoms with Crippen LogP contribution in [-0.2, 0) is 9.47 Å². The van der Waals surface area contributed by atoms with Gasteiger partial charge in [-0.3, -0.25) is 0 Å². The van der Waals surface area contributed by atoms with Gasteiger partial charge >= 0.3 is 6.09 Å². The van der Waals surface area contributed by atoms with Crippen LogP contribution in [0.4, 0.5) is 4.79 Å². The number of rotatable bonds is 3. The van der Waals surface area contributed by atoms with E-state index >= 15 is 0 Å². The number of benzene rings is 1. The third-order valence-electron chi connectivity index (χ3n) is 3.24. The lowest BCUT2D eigenvalue weighted by atomic mass is 10.2. The Labute approximate surface area is 129 Å². The largest absolute Gasteiger partial charge is 0.490 e. The summed E-state index contributed by atoms with van der Waals surface area (Å²) in [6.07, 6.45) is -0.315. The Morgan fingerprint density at radius 1 is 1.45 bits per heavy atom. The fourth-order valence-corrected chi connectivity index (χ4v) is 2.23. The summed E-state index contributed by atoms with van der Waals surface area (Å²) in [6, 6.07) is 5.55. The summed E-state index contributed by atoms with van der Waals surface area (Å²) in [5.74, 6) is 0.709. The van der Waals surface area contributed by atoms with Crippen LogP contribution in [0.2, 0.25) is 0 Å². The lowest BCUT2D eigenvalue weighted by Gasteiger charge is -2.19. The summed E-state index contributed by atoms with van der Waals surface area (Å²) in [7, 11) is 0.